The average molecular weight is 283 g/mol. The average Bonchev–Trinajstić information content (AvgIpc) is 2.31. The quantitative estimate of drug-likeness (QED) is 0.622. The molecule has 0 amide bonds. The molecular formula is C13H15BrO2. The third-order valence-electron chi connectivity index (χ3n) is 1.70. The first kappa shape index (κ1) is 14.8. The maximum absolute atomic E-state index is 10.2. The number of halogens is 1. The van der Waals surface area contributed by atoms with Crippen LogP contribution in [0.1, 0.15) is 30.1 Å². The zero-order chi connectivity index (χ0) is 12.2. The topological polar surface area (TPSA) is 34.1 Å². The number of aldehydes is 2. The van der Waals surface area contributed by atoms with Crippen LogP contribution in [0.2, 0.25) is 0 Å². The Hall–Kier alpha value is -1.22. The molecule has 0 saturated heterocycles. The second-order valence-electron chi connectivity index (χ2n) is 2.99. The first-order valence-corrected chi connectivity index (χ1v) is 5.85. The van der Waals surface area contributed by atoms with E-state index in [1.165, 1.54) is 6.08 Å². The predicted octanol–water partition coefficient (Wildman–Crippen LogP) is 3.80. The summed E-state index contributed by atoms with van der Waals surface area (Å²) in [5, 5.41) is 0. The van der Waals surface area contributed by atoms with Crippen LogP contribution in [0.4, 0.5) is 0 Å². The van der Waals surface area contributed by atoms with Gasteiger partial charge in [0.1, 0.15) is 6.29 Å². The van der Waals surface area contributed by atoms with E-state index in [0.717, 1.165) is 29.9 Å². The third-order valence-corrected chi connectivity index (χ3v) is 2.42. The highest BCUT2D eigenvalue weighted by atomic mass is 79.9. The van der Waals surface area contributed by atoms with Gasteiger partial charge in [-0.2, -0.15) is 0 Å². The van der Waals surface area contributed by atoms with Gasteiger partial charge < -0.3 is 0 Å². The van der Waals surface area contributed by atoms with Gasteiger partial charge in [0.25, 0.3) is 0 Å². The van der Waals surface area contributed by atoms with Gasteiger partial charge in [-0.3, -0.25) is 9.59 Å². The normalized spacial score (nSPS) is 9.38. The number of allylic oxidation sites excluding steroid dienone is 2. The van der Waals surface area contributed by atoms with Gasteiger partial charge in [0.2, 0.25) is 0 Å². The minimum atomic E-state index is 0.692. The van der Waals surface area contributed by atoms with Crippen molar-refractivity contribution in [2.24, 2.45) is 0 Å². The monoisotopic (exact) mass is 282 g/mol. The van der Waals surface area contributed by atoms with E-state index in [-0.39, 0.29) is 0 Å². The molecule has 0 aliphatic carbocycles. The lowest BCUT2D eigenvalue weighted by Gasteiger charge is -1.90. The fourth-order valence-electron chi connectivity index (χ4n) is 0.889. The van der Waals surface area contributed by atoms with E-state index >= 15 is 0 Å². The number of hydrogen-bond donors (Lipinski definition) is 0. The Kier molecular flexibility index (Phi) is 9.52. The minimum absolute atomic E-state index is 0.692. The second-order valence-corrected chi connectivity index (χ2v) is 3.85. The summed E-state index contributed by atoms with van der Waals surface area (Å²) in [6.45, 7) is 2.08. The Morgan fingerprint density at radius 3 is 2.38 bits per heavy atom. The molecule has 1 aromatic rings. The molecule has 1 aromatic carbocycles. The Bertz CT molecular complexity index is 346. The number of hydrogen-bond acceptors (Lipinski definition) is 2. The largest absolute Gasteiger partial charge is 0.299 e. The van der Waals surface area contributed by atoms with Crippen LogP contribution in [0.15, 0.2) is 40.9 Å². The van der Waals surface area contributed by atoms with Crippen molar-refractivity contribution < 1.29 is 9.59 Å². The summed E-state index contributed by atoms with van der Waals surface area (Å²) < 4.78 is 0.847. The Balaban J connectivity index is 0.000000293. The van der Waals surface area contributed by atoms with Crippen LogP contribution in [0.5, 0.6) is 0 Å². The van der Waals surface area contributed by atoms with Gasteiger partial charge in [0, 0.05) is 10.0 Å². The summed E-state index contributed by atoms with van der Waals surface area (Å²) in [6.07, 6.45) is 7.15. The van der Waals surface area contributed by atoms with Crippen LogP contribution in [-0.2, 0) is 4.79 Å². The zero-order valence-electron chi connectivity index (χ0n) is 9.23. The van der Waals surface area contributed by atoms with Crippen molar-refractivity contribution in [3.63, 3.8) is 0 Å². The number of carbonyl (C=O) groups is 2. The Morgan fingerprint density at radius 2 is 1.94 bits per heavy atom. The second kappa shape index (κ2) is 10.3. The summed E-state index contributed by atoms with van der Waals surface area (Å²) >= 11 is 3.23. The molecular weight excluding hydrogens is 268 g/mol. The van der Waals surface area contributed by atoms with Crippen LogP contribution < -0.4 is 0 Å². The number of rotatable bonds is 4. The molecule has 0 aliphatic heterocycles. The molecule has 0 aromatic heterocycles. The van der Waals surface area contributed by atoms with Crippen molar-refractivity contribution in [2.75, 3.05) is 0 Å². The molecule has 0 radical (unpaired) electrons. The van der Waals surface area contributed by atoms with E-state index in [9.17, 15) is 9.59 Å². The van der Waals surface area contributed by atoms with Crippen molar-refractivity contribution in [3.05, 3.63) is 46.5 Å². The lowest BCUT2D eigenvalue weighted by Crippen LogP contribution is -1.78. The molecule has 16 heavy (non-hydrogen) atoms. The SMILES string of the molecule is CCCC=CC=O.O=Cc1ccccc1Br. The Morgan fingerprint density at radius 1 is 1.25 bits per heavy atom. The summed E-state index contributed by atoms with van der Waals surface area (Å²) in [4.78, 5) is 19.8. The number of unbranched alkanes of at least 4 members (excludes halogenated alkanes) is 1. The van der Waals surface area contributed by atoms with Gasteiger partial charge in [-0.25, -0.2) is 0 Å². The fourth-order valence-corrected chi connectivity index (χ4v) is 1.27. The maximum Gasteiger partial charge on any atom is 0.151 e. The lowest BCUT2D eigenvalue weighted by molar-refractivity contribution is -0.104. The summed E-state index contributed by atoms with van der Waals surface area (Å²) in [5.41, 5.74) is 0.692. The van der Waals surface area contributed by atoms with Gasteiger partial charge in [-0.05, 0) is 18.6 Å². The number of benzene rings is 1. The van der Waals surface area contributed by atoms with Crippen LogP contribution in [0.25, 0.3) is 0 Å². The molecule has 0 fully saturated rings. The van der Waals surface area contributed by atoms with Crippen LogP contribution in [0, 0.1) is 0 Å². The third kappa shape index (κ3) is 7.12. The molecule has 2 nitrogen and oxygen atoms in total. The van der Waals surface area contributed by atoms with Gasteiger partial charge in [-0.1, -0.05) is 53.5 Å². The molecule has 0 N–H and O–H groups in total. The summed E-state index contributed by atoms with van der Waals surface area (Å²) in [7, 11) is 0. The molecule has 0 bridgehead atoms. The standard InChI is InChI=1S/C7H5BrO.C6H10O/c8-7-4-2-1-3-6(7)5-9;1-2-3-4-5-6-7/h1-5H;4-6H,2-3H2,1H3. The van der Waals surface area contributed by atoms with Gasteiger partial charge in [0.15, 0.2) is 6.29 Å². The van der Waals surface area contributed by atoms with E-state index in [0.29, 0.717) is 5.56 Å². The Labute approximate surface area is 104 Å². The maximum atomic E-state index is 10.2. The van der Waals surface area contributed by atoms with Gasteiger partial charge in [0.05, 0.1) is 0 Å². The smallest absolute Gasteiger partial charge is 0.151 e. The summed E-state index contributed by atoms with van der Waals surface area (Å²) in [6, 6.07) is 7.30. The van der Waals surface area contributed by atoms with E-state index in [2.05, 4.69) is 22.9 Å². The molecule has 0 heterocycles. The molecule has 0 aliphatic rings. The van der Waals surface area contributed by atoms with Crippen LogP contribution in [0.3, 0.4) is 0 Å². The molecule has 0 saturated carbocycles. The van der Waals surface area contributed by atoms with Crippen LogP contribution in [-0.4, -0.2) is 12.6 Å². The van der Waals surface area contributed by atoms with E-state index in [1.807, 2.05) is 24.3 Å². The fraction of sp³-hybridized carbons (Fsp3) is 0.231. The van der Waals surface area contributed by atoms with Crippen molar-refractivity contribution in [3.8, 4) is 0 Å². The molecule has 0 unspecified atom stereocenters. The number of carbonyl (C=O) groups excluding carboxylic acids is 2. The van der Waals surface area contributed by atoms with E-state index in [4.69, 9.17) is 0 Å². The van der Waals surface area contributed by atoms with E-state index < -0.39 is 0 Å². The van der Waals surface area contributed by atoms with Gasteiger partial charge in [-0.15, -0.1) is 0 Å². The molecule has 0 spiro atoms. The highest BCUT2D eigenvalue weighted by Gasteiger charge is 1.92. The van der Waals surface area contributed by atoms with E-state index in [1.54, 1.807) is 6.07 Å². The van der Waals surface area contributed by atoms with Gasteiger partial charge >= 0.3 is 0 Å². The molecule has 86 valence electrons. The van der Waals surface area contributed by atoms with Crippen LogP contribution >= 0.6 is 15.9 Å². The zero-order valence-corrected chi connectivity index (χ0v) is 10.8. The van der Waals surface area contributed by atoms with Crippen molar-refractivity contribution in [2.45, 2.75) is 19.8 Å². The highest BCUT2D eigenvalue weighted by molar-refractivity contribution is 9.10. The molecule has 1 rings (SSSR count). The summed E-state index contributed by atoms with van der Waals surface area (Å²) in [5.74, 6) is 0. The molecule has 0 atom stereocenters. The van der Waals surface area contributed by atoms with Crippen molar-refractivity contribution in [1.29, 1.82) is 0 Å². The first-order chi connectivity index (χ1) is 7.76. The lowest BCUT2D eigenvalue weighted by atomic mass is 10.2. The minimum Gasteiger partial charge on any atom is -0.299 e. The molecule has 3 heteroatoms. The van der Waals surface area contributed by atoms with Crippen molar-refractivity contribution in [1.82, 2.24) is 0 Å². The first-order valence-electron chi connectivity index (χ1n) is 5.06. The predicted molar refractivity (Wildman–Crippen MR) is 69.6 cm³/mol. The highest BCUT2D eigenvalue weighted by Crippen LogP contribution is 2.12. The van der Waals surface area contributed by atoms with Crippen molar-refractivity contribution >= 4 is 28.5 Å².